The van der Waals surface area contributed by atoms with Crippen LogP contribution in [0.5, 0.6) is 0 Å². The van der Waals surface area contributed by atoms with Crippen molar-refractivity contribution in [1.29, 1.82) is 0 Å². The van der Waals surface area contributed by atoms with Crippen molar-refractivity contribution >= 4 is 0 Å². The van der Waals surface area contributed by atoms with Crippen LogP contribution < -0.4 is 0 Å². The van der Waals surface area contributed by atoms with Crippen molar-refractivity contribution in [3.05, 3.63) is 70.5 Å². The predicted octanol–water partition coefficient (Wildman–Crippen LogP) is 9.10. The van der Waals surface area contributed by atoms with Gasteiger partial charge in [0.25, 0.3) is 0 Å². The molecule has 1 heteroatoms. The summed E-state index contributed by atoms with van der Waals surface area (Å²) in [5.74, 6) is 1.92. The lowest BCUT2D eigenvalue weighted by atomic mass is 9.84. The number of hydrogen-bond donors (Lipinski definition) is 0. The quantitative estimate of drug-likeness (QED) is 0.430. The van der Waals surface area contributed by atoms with Gasteiger partial charge in [0.2, 0.25) is 0 Å². The van der Waals surface area contributed by atoms with Crippen molar-refractivity contribution < 1.29 is 5.82 Å². The van der Waals surface area contributed by atoms with Crippen LogP contribution in [0.2, 0.25) is 0 Å². The third-order valence-electron chi connectivity index (χ3n) is 4.85. The topological polar surface area (TPSA) is 0 Å². The first-order chi connectivity index (χ1) is 11.8. The van der Waals surface area contributed by atoms with E-state index in [2.05, 4.69) is 52.0 Å². The van der Waals surface area contributed by atoms with Crippen LogP contribution in [0.3, 0.4) is 0 Å². The normalized spacial score (nSPS) is 17.7. The summed E-state index contributed by atoms with van der Waals surface area (Å²) in [6, 6.07) is 13.7. The zero-order valence-corrected chi connectivity index (χ0v) is 16.9. The summed E-state index contributed by atoms with van der Waals surface area (Å²) in [5, 5.41) is 0. The third kappa shape index (κ3) is 12.4. The maximum atomic E-state index is 12.6. The summed E-state index contributed by atoms with van der Waals surface area (Å²) in [4.78, 5) is 0. The zero-order chi connectivity index (χ0) is 18.8. The standard InChI is InChI=1S/C8H9F.C8H16.C8H10.2CH4.H2/c1-6-3-4-7(2)8(9)5-6;2*1-7-3-5-8(2)6-4-7;;;/h3-5H,1-2H3;7-8H,3-6H2,1-2H3;3-6H,1-2H3;2*1H4;1H. The van der Waals surface area contributed by atoms with E-state index in [1.807, 2.05) is 13.0 Å². The largest absolute Gasteiger partial charge is 0.207 e. The van der Waals surface area contributed by atoms with Gasteiger partial charge in [0.05, 0.1) is 0 Å². The van der Waals surface area contributed by atoms with E-state index in [-0.39, 0.29) is 22.1 Å². The zero-order valence-electron chi connectivity index (χ0n) is 16.9. The molecule has 1 aliphatic carbocycles. The minimum atomic E-state index is -0.116. The Balaban J connectivity index is -0.000000318. The summed E-state index contributed by atoms with van der Waals surface area (Å²) in [7, 11) is 0. The van der Waals surface area contributed by atoms with Gasteiger partial charge in [0.1, 0.15) is 5.82 Å². The number of benzene rings is 2. The lowest BCUT2D eigenvalue weighted by molar-refractivity contribution is 0.308. The average molecular weight is 377 g/mol. The van der Waals surface area contributed by atoms with E-state index in [4.69, 9.17) is 0 Å². The molecule has 0 amide bonds. The molecule has 0 N–H and O–H groups in total. The minimum Gasteiger partial charge on any atom is -0.207 e. The Morgan fingerprint density at radius 1 is 0.667 bits per heavy atom. The monoisotopic (exact) mass is 376 g/mol. The van der Waals surface area contributed by atoms with Crippen LogP contribution >= 0.6 is 0 Å². The van der Waals surface area contributed by atoms with Gasteiger partial charge in [-0.15, -0.1) is 0 Å². The van der Waals surface area contributed by atoms with Gasteiger partial charge in [-0.2, -0.15) is 0 Å². The van der Waals surface area contributed by atoms with Crippen LogP contribution in [-0.4, -0.2) is 0 Å². The molecule has 0 bridgehead atoms. The van der Waals surface area contributed by atoms with Gasteiger partial charge in [-0.05, 0) is 56.7 Å². The fourth-order valence-electron chi connectivity index (χ4n) is 2.76. The van der Waals surface area contributed by atoms with Crippen molar-refractivity contribution in [1.82, 2.24) is 0 Å². The summed E-state index contributed by atoms with van der Waals surface area (Å²) in [6.07, 6.45) is 5.89. The second-order valence-electron chi connectivity index (χ2n) is 7.77. The molecule has 1 fully saturated rings. The fourth-order valence-corrected chi connectivity index (χ4v) is 2.76. The van der Waals surface area contributed by atoms with Gasteiger partial charge in [-0.1, -0.05) is 102 Å². The Morgan fingerprint density at radius 2 is 1.00 bits per heavy atom. The second kappa shape index (κ2) is 14.4. The summed E-state index contributed by atoms with van der Waals surface area (Å²) in [5.41, 5.74) is 4.34. The van der Waals surface area contributed by atoms with Gasteiger partial charge in [-0.25, -0.2) is 4.39 Å². The van der Waals surface area contributed by atoms with Crippen molar-refractivity contribution in [3.8, 4) is 0 Å². The van der Waals surface area contributed by atoms with Crippen LogP contribution in [0.1, 0.15) is 78.1 Å². The number of hydrogen-bond acceptors (Lipinski definition) is 0. The molecular weight excluding hydrogens is 331 g/mol. The molecule has 0 radical (unpaired) electrons. The van der Waals surface area contributed by atoms with Crippen LogP contribution in [0.4, 0.5) is 4.39 Å². The Bertz CT molecular complexity index is 580. The highest BCUT2D eigenvalue weighted by Gasteiger charge is 2.13. The van der Waals surface area contributed by atoms with Crippen LogP contribution in [0.15, 0.2) is 42.5 Å². The second-order valence-corrected chi connectivity index (χ2v) is 7.77. The molecule has 156 valence electrons. The molecule has 1 saturated carbocycles. The van der Waals surface area contributed by atoms with Crippen molar-refractivity contribution in [2.24, 2.45) is 11.8 Å². The molecule has 0 aromatic heterocycles. The maximum absolute atomic E-state index is 12.6. The minimum absolute atomic E-state index is 0. The van der Waals surface area contributed by atoms with Gasteiger partial charge < -0.3 is 0 Å². The van der Waals surface area contributed by atoms with Crippen LogP contribution in [-0.2, 0) is 0 Å². The maximum Gasteiger partial charge on any atom is 0.126 e. The van der Waals surface area contributed by atoms with Crippen LogP contribution in [0.25, 0.3) is 0 Å². The lowest BCUT2D eigenvalue weighted by Crippen LogP contribution is -2.08. The SMILES string of the molecule is C.C.CC1CCC(C)CC1.Cc1ccc(C)c(F)c1.Cc1ccc(C)cc1.[HH]. The van der Waals surface area contributed by atoms with E-state index in [1.165, 1.54) is 42.9 Å². The van der Waals surface area contributed by atoms with E-state index in [0.717, 1.165) is 17.4 Å². The molecular formula is C26H45F. The predicted molar refractivity (Wildman–Crippen MR) is 124 cm³/mol. The highest BCUT2D eigenvalue weighted by Crippen LogP contribution is 2.27. The average Bonchev–Trinajstić information content (AvgIpc) is 2.58. The van der Waals surface area contributed by atoms with Crippen LogP contribution in [0, 0.1) is 45.3 Å². The molecule has 0 saturated heterocycles. The Hall–Kier alpha value is -1.63. The highest BCUT2D eigenvalue weighted by atomic mass is 19.1. The summed E-state index contributed by atoms with van der Waals surface area (Å²) in [6.45, 7) is 12.6. The molecule has 2 aromatic rings. The first-order valence-electron chi connectivity index (χ1n) is 9.54. The van der Waals surface area contributed by atoms with Crippen molar-refractivity contribution in [2.45, 2.75) is 82.1 Å². The van der Waals surface area contributed by atoms with Gasteiger partial charge >= 0.3 is 0 Å². The van der Waals surface area contributed by atoms with Crippen molar-refractivity contribution in [3.63, 3.8) is 0 Å². The number of rotatable bonds is 0. The van der Waals surface area contributed by atoms with E-state index >= 15 is 0 Å². The fraction of sp³-hybridized carbons (Fsp3) is 0.538. The Labute approximate surface area is 170 Å². The molecule has 1 aliphatic rings. The molecule has 0 aliphatic heterocycles. The smallest absolute Gasteiger partial charge is 0.126 e. The Kier molecular flexibility index (Phi) is 14.7. The van der Waals surface area contributed by atoms with E-state index in [9.17, 15) is 4.39 Å². The summed E-state index contributed by atoms with van der Waals surface area (Å²) >= 11 is 0. The molecule has 0 spiro atoms. The first-order valence-corrected chi connectivity index (χ1v) is 9.54. The highest BCUT2D eigenvalue weighted by molar-refractivity contribution is 5.21. The molecule has 0 heterocycles. The molecule has 27 heavy (non-hydrogen) atoms. The lowest BCUT2D eigenvalue weighted by Gasteiger charge is -2.22. The Morgan fingerprint density at radius 3 is 1.30 bits per heavy atom. The van der Waals surface area contributed by atoms with Crippen molar-refractivity contribution in [2.75, 3.05) is 0 Å². The summed E-state index contributed by atoms with van der Waals surface area (Å²) < 4.78 is 12.6. The molecule has 3 rings (SSSR count). The molecule has 2 aromatic carbocycles. The first kappa shape index (κ1) is 27.6. The van der Waals surface area contributed by atoms with Gasteiger partial charge in [-0.3, -0.25) is 0 Å². The third-order valence-corrected chi connectivity index (χ3v) is 4.85. The number of aryl methyl sites for hydroxylation is 4. The van der Waals surface area contributed by atoms with E-state index < -0.39 is 0 Å². The molecule has 0 unspecified atom stereocenters. The van der Waals surface area contributed by atoms with Gasteiger partial charge in [0.15, 0.2) is 0 Å². The van der Waals surface area contributed by atoms with E-state index in [0.29, 0.717) is 5.56 Å². The van der Waals surface area contributed by atoms with E-state index in [1.54, 1.807) is 13.0 Å². The van der Waals surface area contributed by atoms with Gasteiger partial charge in [0, 0.05) is 1.43 Å². The number of halogens is 1. The molecule has 0 atom stereocenters. The molecule has 0 nitrogen and oxygen atoms in total.